The van der Waals surface area contributed by atoms with E-state index in [2.05, 4.69) is 29.2 Å². The van der Waals surface area contributed by atoms with Crippen LogP contribution in [-0.2, 0) is 11.3 Å². The van der Waals surface area contributed by atoms with Crippen molar-refractivity contribution in [1.29, 1.82) is 0 Å². The number of carbonyl (C=O) groups excluding carboxylic acids is 1. The van der Waals surface area contributed by atoms with E-state index in [-0.39, 0.29) is 5.91 Å². The van der Waals surface area contributed by atoms with Crippen LogP contribution in [0, 0.1) is 6.92 Å². The first-order valence-electron chi connectivity index (χ1n) is 9.01. The van der Waals surface area contributed by atoms with Crippen LogP contribution in [-0.4, -0.2) is 41.9 Å². The first-order valence-corrected chi connectivity index (χ1v) is 9.01. The Kier molecular flexibility index (Phi) is 5.84. The zero-order chi connectivity index (χ0) is 17.6. The summed E-state index contributed by atoms with van der Waals surface area (Å²) in [5.41, 5.74) is 9.61. The maximum Gasteiger partial charge on any atom is 0.244 e. The van der Waals surface area contributed by atoms with E-state index in [0.717, 1.165) is 44.7 Å². The van der Waals surface area contributed by atoms with Crippen molar-refractivity contribution in [2.45, 2.75) is 25.9 Å². The number of aryl methyl sites for hydroxylation is 1. The van der Waals surface area contributed by atoms with Crippen LogP contribution in [0.1, 0.15) is 29.2 Å². The lowest BCUT2D eigenvalue weighted by Gasteiger charge is -2.25. The van der Waals surface area contributed by atoms with Crippen LogP contribution in [0.25, 0.3) is 0 Å². The monoisotopic (exact) mass is 337 g/mol. The van der Waals surface area contributed by atoms with E-state index >= 15 is 0 Å². The van der Waals surface area contributed by atoms with Gasteiger partial charge in [-0.25, -0.2) is 0 Å². The molecule has 1 amide bonds. The summed E-state index contributed by atoms with van der Waals surface area (Å²) in [7, 11) is 0. The molecule has 0 radical (unpaired) electrons. The second-order valence-electron chi connectivity index (χ2n) is 6.83. The summed E-state index contributed by atoms with van der Waals surface area (Å²) in [4.78, 5) is 17.1. The highest BCUT2D eigenvalue weighted by Crippen LogP contribution is 2.16. The number of hydrogen-bond acceptors (Lipinski definition) is 3. The number of carbonyl (C=O) groups is 1. The standard InChI is InChI=1S/C21H27N3O/c1-17-8-10-19(11-9-17)20(22)21(25)24-13-5-12-23(14-15-24)16-18-6-3-2-4-7-18/h2-4,6-11,20H,5,12-16,22H2,1H3. The van der Waals surface area contributed by atoms with Gasteiger partial charge in [-0.2, -0.15) is 0 Å². The topological polar surface area (TPSA) is 49.6 Å². The minimum atomic E-state index is -0.568. The molecule has 1 heterocycles. The first-order chi connectivity index (χ1) is 12.1. The van der Waals surface area contributed by atoms with Gasteiger partial charge in [0.05, 0.1) is 0 Å². The summed E-state index contributed by atoms with van der Waals surface area (Å²) in [5, 5.41) is 0. The molecule has 1 aliphatic rings. The van der Waals surface area contributed by atoms with Crippen molar-refractivity contribution in [2.75, 3.05) is 26.2 Å². The highest BCUT2D eigenvalue weighted by atomic mass is 16.2. The fourth-order valence-corrected chi connectivity index (χ4v) is 3.30. The molecule has 1 saturated heterocycles. The molecule has 0 aromatic heterocycles. The molecule has 1 atom stereocenters. The van der Waals surface area contributed by atoms with E-state index in [4.69, 9.17) is 5.73 Å². The summed E-state index contributed by atoms with van der Waals surface area (Å²) in [6, 6.07) is 17.9. The summed E-state index contributed by atoms with van der Waals surface area (Å²) >= 11 is 0. The number of rotatable bonds is 4. The van der Waals surface area contributed by atoms with Gasteiger partial charge in [-0.15, -0.1) is 0 Å². The predicted molar refractivity (Wildman–Crippen MR) is 101 cm³/mol. The van der Waals surface area contributed by atoms with Crippen molar-refractivity contribution in [1.82, 2.24) is 9.80 Å². The number of benzene rings is 2. The Labute approximate surface area is 150 Å². The average Bonchev–Trinajstić information content (AvgIpc) is 2.88. The predicted octanol–water partition coefficient (Wildman–Crippen LogP) is 2.73. The van der Waals surface area contributed by atoms with Gasteiger partial charge in [0.15, 0.2) is 0 Å². The summed E-state index contributed by atoms with van der Waals surface area (Å²) in [5.74, 6) is 0.0328. The van der Waals surface area contributed by atoms with Crippen molar-refractivity contribution in [3.63, 3.8) is 0 Å². The maximum atomic E-state index is 12.8. The number of nitrogens with two attached hydrogens (primary N) is 1. The van der Waals surface area contributed by atoms with E-state index in [1.165, 1.54) is 11.1 Å². The minimum absolute atomic E-state index is 0.0328. The molecule has 1 fully saturated rings. The number of amides is 1. The van der Waals surface area contributed by atoms with E-state index in [1.54, 1.807) is 0 Å². The minimum Gasteiger partial charge on any atom is -0.340 e. The van der Waals surface area contributed by atoms with E-state index in [1.807, 2.05) is 42.2 Å². The van der Waals surface area contributed by atoms with Gasteiger partial charge in [0, 0.05) is 32.7 Å². The van der Waals surface area contributed by atoms with Crippen LogP contribution >= 0.6 is 0 Å². The molecular weight excluding hydrogens is 310 g/mol. The van der Waals surface area contributed by atoms with E-state index in [0.29, 0.717) is 0 Å². The molecule has 0 saturated carbocycles. The van der Waals surface area contributed by atoms with Crippen LogP contribution < -0.4 is 5.73 Å². The van der Waals surface area contributed by atoms with Crippen molar-refractivity contribution < 1.29 is 4.79 Å². The largest absolute Gasteiger partial charge is 0.340 e. The quantitative estimate of drug-likeness (QED) is 0.933. The van der Waals surface area contributed by atoms with Crippen molar-refractivity contribution in [3.05, 3.63) is 71.3 Å². The second-order valence-corrected chi connectivity index (χ2v) is 6.83. The van der Waals surface area contributed by atoms with Crippen LogP contribution in [0.2, 0.25) is 0 Å². The van der Waals surface area contributed by atoms with E-state index in [9.17, 15) is 4.79 Å². The molecule has 4 nitrogen and oxygen atoms in total. The second kappa shape index (κ2) is 8.28. The fourth-order valence-electron chi connectivity index (χ4n) is 3.30. The normalized spacial score (nSPS) is 17.1. The van der Waals surface area contributed by atoms with Crippen molar-refractivity contribution >= 4 is 5.91 Å². The zero-order valence-corrected chi connectivity index (χ0v) is 14.9. The third-order valence-corrected chi connectivity index (χ3v) is 4.85. The van der Waals surface area contributed by atoms with Gasteiger partial charge in [0.2, 0.25) is 5.91 Å². The first kappa shape index (κ1) is 17.6. The Morgan fingerprint density at radius 1 is 1.00 bits per heavy atom. The Bertz CT molecular complexity index is 684. The third kappa shape index (κ3) is 4.68. The van der Waals surface area contributed by atoms with Crippen LogP contribution in [0.5, 0.6) is 0 Å². The van der Waals surface area contributed by atoms with Gasteiger partial charge >= 0.3 is 0 Å². The van der Waals surface area contributed by atoms with Gasteiger partial charge in [-0.3, -0.25) is 9.69 Å². The lowest BCUT2D eigenvalue weighted by atomic mass is 10.0. The zero-order valence-electron chi connectivity index (χ0n) is 14.9. The van der Waals surface area contributed by atoms with Gasteiger partial charge in [0.25, 0.3) is 0 Å². The molecule has 0 spiro atoms. The van der Waals surface area contributed by atoms with Gasteiger partial charge in [-0.05, 0) is 24.5 Å². The highest BCUT2D eigenvalue weighted by Gasteiger charge is 2.24. The molecule has 3 rings (SSSR count). The third-order valence-electron chi connectivity index (χ3n) is 4.85. The lowest BCUT2D eigenvalue weighted by molar-refractivity contribution is -0.132. The lowest BCUT2D eigenvalue weighted by Crippen LogP contribution is -2.40. The Hall–Kier alpha value is -2.17. The Balaban J connectivity index is 1.58. The molecule has 0 bridgehead atoms. The van der Waals surface area contributed by atoms with Crippen LogP contribution in [0.3, 0.4) is 0 Å². The molecule has 4 heteroatoms. The highest BCUT2D eigenvalue weighted by molar-refractivity contribution is 5.83. The van der Waals surface area contributed by atoms with E-state index < -0.39 is 6.04 Å². The summed E-state index contributed by atoms with van der Waals surface area (Å²) < 4.78 is 0. The molecule has 132 valence electrons. The molecule has 2 N–H and O–H groups in total. The van der Waals surface area contributed by atoms with Crippen LogP contribution in [0.4, 0.5) is 0 Å². The average molecular weight is 337 g/mol. The van der Waals surface area contributed by atoms with Crippen molar-refractivity contribution in [2.24, 2.45) is 5.73 Å². The molecule has 1 aliphatic heterocycles. The summed E-state index contributed by atoms with van der Waals surface area (Å²) in [6.45, 7) is 6.40. The Morgan fingerprint density at radius 2 is 1.72 bits per heavy atom. The Morgan fingerprint density at radius 3 is 2.44 bits per heavy atom. The molecule has 25 heavy (non-hydrogen) atoms. The summed E-state index contributed by atoms with van der Waals surface area (Å²) in [6.07, 6.45) is 0.985. The number of hydrogen-bond donors (Lipinski definition) is 1. The number of nitrogens with zero attached hydrogens (tertiary/aromatic N) is 2. The van der Waals surface area contributed by atoms with Crippen molar-refractivity contribution in [3.8, 4) is 0 Å². The molecule has 0 aliphatic carbocycles. The van der Waals surface area contributed by atoms with Crippen LogP contribution in [0.15, 0.2) is 54.6 Å². The molecule has 2 aromatic carbocycles. The smallest absolute Gasteiger partial charge is 0.244 e. The van der Waals surface area contributed by atoms with Gasteiger partial charge in [0.1, 0.15) is 6.04 Å². The fraction of sp³-hybridized carbons (Fsp3) is 0.381. The molecular formula is C21H27N3O. The van der Waals surface area contributed by atoms with Gasteiger partial charge < -0.3 is 10.6 Å². The molecule has 2 aromatic rings. The van der Waals surface area contributed by atoms with Gasteiger partial charge in [-0.1, -0.05) is 60.2 Å². The molecule has 1 unspecified atom stereocenters. The maximum absolute atomic E-state index is 12.8. The SMILES string of the molecule is Cc1ccc(C(N)C(=O)N2CCCN(Cc3ccccc3)CC2)cc1.